The van der Waals surface area contributed by atoms with Crippen LogP contribution in [0.5, 0.6) is 0 Å². The summed E-state index contributed by atoms with van der Waals surface area (Å²) >= 11 is 0. The van der Waals surface area contributed by atoms with Crippen molar-refractivity contribution in [3.8, 4) is 11.1 Å². The average molecular weight is 358 g/mol. The molecule has 132 valence electrons. The molecule has 1 aliphatic rings. The molecule has 25 heavy (non-hydrogen) atoms. The van der Waals surface area contributed by atoms with Crippen LogP contribution in [-0.4, -0.2) is 31.8 Å². The monoisotopic (exact) mass is 358 g/mol. The van der Waals surface area contributed by atoms with Crippen molar-refractivity contribution in [2.24, 2.45) is 5.14 Å². The SMILES string of the molecule is CCC1CCCN1C(=O)c1ccc(-c2ccccc2S(N)(=O)=O)cc1. The molecule has 0 aromatic heterocycles. The Morgan fingerprint density at radius 1 is 1.16 bits per heavy atom. The van der Waals surface area contributed by atoms with Gasteiger partial charge < -0.3 is 4.90 Å². The van der Waals surface area contributed by atoms with Gasteiger partial charge in [-0.1, -0.05) is 37.3 Å². The van der Waals surface area contributed by atoms with Gasteiger partial charge >= 0.3 is 0 Å². The lowest BCUT2D eigenvalue weighted by Gasteiger charge is -2.23. The van der Waals surface area contributed by atoms with E-state index in [1.165, 1.54) is 6.07 Å². The van der Waals surface area contributed by atoms with Gasteiger partial charge in [0.25, 0.3) is 5.91 Å². The molecular formula is C19H22N2O3S. The Morgan fingerprint density at radius 3 is 2.48 bits per heavy atom. The van der Waals surface area contributed by atoms with E-state index in [2.05, 4.69) is 6.92 Å². The quantitative estimate of drug-likeness (QED) is 0.912. The molecule has 1 atom stereocenters. The van der Waals surface area contributed by atoms with Crippen LogP contribution in [0, 0.1) is 0 Å². The number of rotatable bonds is 4. The van der Waals surface area contributed by atoms with Gasteiger partial charge in [-0.3, -0.25) is 4.79 Å². The predicted octanol–water partition coefficient (Wildman–Crippen LogP) is 3.02. The van der Waals surface area contributed by atoms with Gasteiger partial charge in [-0.05, 0) is 43.0 Å². The van der Waals surface area contributed by atoms with E-state index in [1.54, 1.807) is 42.5 Å². The van der Waals surface area contributed by atoms with Crippen molar-refractivity contribution in [3.05, 3.63) is 54.1 Å². The summed E-state index contributed by atoms with van der Waals surface area (Å²) in [6.07, 6.45) is 3.07. The first-order valence-electron chi connectivity index (χ1n) is 8.45. The van der Waals surface area contributed by atoms with E-state index < -0.39 is 10.0 Å². The van der Waals surface area contributed by atoms with Gasteiger partial charge in [0.2, 0.25) is 10.0 Å². The Labute approximate surface area is 148 Å². The maximum atomic E-state index is 12.7. The summed E-state index contributed by atoms with van der Waals surface area (Å²) < 4.78 is 23.5. The van der Waals surface area contributed by atoms with Crippen LogP contribution in [0.3, 0.4) is 0 Å². The van der Waals surface area contributed by atoms with Gasteiger partial charge in [-0.25, -0.2) is 13.6 Å². The summed E-state index contributed by atoms with van der Waals surface area (Å²) in [5.74, 6) is 0.0376. The lowest BCUT2D eigenvalue weighted by molar-refractivity contribution is 0.0733. The summed E-state index contributed by atoms with van der Waals surface area (Å²) in [5.41, 5.74) is 1.88. The van der Waals surface area contributed by atoms with Gasteiger partial charge in [0, 0.05) is 23.7 Å². The molecule has 3 rings (SSSR count). The summed E-state index contributed by atoms with van der Waals surface area (Å²) in [7, 11) is -3.81. The number of sulfonamides is 1. The normalized spacial score (nSPS) is 17.7. The van der Waals surface area contributed by atoms with Crippen LogP contribution in [0.15, 0.2) is 53.4 Å². The number of benzene rings is 2. The van der Waals surface area contributed by atoms with E-state index in [0.717, 1.165) is 31.4 Å². The highest BCUT2D eigenvalue weighted by Gasteiger charge is 2.28. The third-order valence-electron chi connectivity index (χ3n) is 4.75. The number of nitrogens with zero attached hydrogens (tertiary/aromatic N) is 1. The Hall–Kier alpha value is -2.18. The van der Waals surface area contributed by atoms with E-state index >= 15 is 0 Å². The minimum Gasteiger partial charge on any atom is -0.336 e. The van der Waals surface area contributed by atoms with E-state index in [0.29, 0.717) is 17.2 Å². The van der Waals surface area contributed by atoms with E-state index in [9.17, 15) is 13.2 Å². The van der Waals surface area contributed by atoms with Crippen LogP contribution in [0.25, 0.3) is 11.1 Å². The largest absolute Gasteiger partial charge is 0.336 e. The molecular weight excluding hydrogens is 336 g/mol. The zero-order chi connectivity index (χ0) is 18.0. The second kappa shape index (κ2) is 6.98. The number of carbonyl (C=O) groups is 1. The summed E-state index contributed by atoms with van der Waals surface area (Å²) in [6, 6.07) is 14.0. The van der Waals surface area contributed by atoms with Crippen LogP contribution >= 0.6 is 0 Å². The van der Waals surface area contributed by atoms with E-state index in [-0.39, 0.29) is 10.8 Å². The molecule has 2 N–H and O–H groups in total. The highest BCUT2D eigenvalue weighted by atomic mass is 32.2. The lowest BCUT2D eigenvalue weighted by atomic mass is 10.0. The molecule has 6 heteroatoms. The fraction of sp³-hybridized carbons (Fsp3) is 0.316. The molecule has 1 amide bonds. The van der Waals surface area contributed by atoms with Gasteiger partial charge in [0.05, 0.1) is 4.90 Å². The first kappa shape index (κ1) is 17.6. The summed E-state index contributed by atoms with van der Waals surface area (Å²) in [5, 5.41) is 5.30. The molecule has 0 radical (unpaired) electrons. The van der Waals surface area contributed by atoms with Crippen LogP contribution in [0.1, 0.15) is 36.5 Å². The molecule has 1 heterocycles. The van der Waals surface area contributed by atoms with Crippen molar-refractivity contribution >= 4 is 15.9 Å². The highest BCUT2D eigenvalue weighted by Crippen LogP contribution is 2.28. The number of hydrogen-bond acceptors (Lipinski definition) is 3. The number of primary sulfonamides is 1. The molecule has 5 nitrogen and oxygen atoms in total. The average Bonchev–Trinajstić information content (AvgIpc) is 3.09. The molecule has 0 bridgehead atoms. The molecule has 1 unspecified atom stereocenters. The maximum absolute atomic E-state index is 12.7. The van der Waals surface area contributed by atoms with Crippen molar-refractivity contribution in [2.75, 3.05) is 6.54 Å². The Kier molecular flexibility index (Phi) is 4.92. The van der Waals surface area contributed by atoms with E-state index in [4.69, 9.17) is 5.14 Å². The Balaban J connectivity index is 1.90. The molecule has 1 fully saturated rings. The topological polar surface area (TPSA) is 80.5 Å². The third-order valence-corrected chi connectivity index (χ3v) is 5.71. The smallest absolute Gasteiger partial charge is 0.254 e. The molecule has 2 aromatic rings. The van der Waals surface area contributed by atoms with Gasteiger partial charge in [-0.15, -0.1) is 0 Å². The van der Waals surface area contributed by atoms with Crippen molar-refractivity contribution in [1.29, 1.82) is 0 Å². The predicted molar refractivity (Wildman–Crippen MR) is 97.6 cm³/mol. The standard InChI is InChI=1S/C19H22N2O3S/c1-2-16-6-5-13-21(16)19(22)15-11-9-14(10-12-15)17-7-3-4-8-18(17)25(20,23)24/h3-4,7-12,16H,2,5-6,13H2,1H3,(H2,20,23,24). The molecule has 1 aliphatic heterocycles. The third kappa shape index (κ3) is 3.60. The first-order valence-corrected chi connectivity index (χ1v) is 9.99. The Morgan fingerprint density at radius 2 is 1.84 bits per heavy atom. The molecule has 1 saturated heterocycles. The number of amides is 1. The van der Waals surface area contributed by atoms with Gasteiger partial charge in [0.1, 0.15) is 0 Å². The van der Waals surface area contributed by atoms with Crippen LogP contribution in [0.4, 0.5) is 0 Å². The summed E-state index contributed by atoms with van der Waals surface area (Å²) in [4.78, 5) is 14.7. The number of likely N-dealkylation sites (tertiary alicyclic amines) is 1. The van der Waals surface area contributed by atoms with Crippen molar-refractivity contribution in [2.45, 2.75) is 37.1 Å². The van der Waals surface area contributed by atoms with Crippen LogP contribution < -0.4 is 5.14 Å². The van der Waals surface area contributed by atoms with Crippen LogP contribution in [-0.2, 0) is 10.0 Å². The van der Waals surface area contributed by atoms with Crippen molar-refractivity contribution in [1.82, 2.24) is 4.90 Å². The second-order valence-corrected chi connectivity index (χ2v) is 7.85. The Bertz CT molecular complexity index is 876. The molecule has 0 saturated carbocycles. The fourth-order valence-electron chi connectivity index (χ4n) is 3.44. The molecule has 0 aliphatic carbocycles. The zero-order valence-corrected chi connectivity index (χ0v) is 15.0. The highest BCUT2D eigenvalue weighted by molar-refractivity contribution is 7.89. The molecule has 2 aromatic carbocycles. The second-order valence-electron chi connectivity index (χ2n) is 6.32. The number of nitrogens with two attached hydrogens (primary N) is 1. The van der Waals surface area contributed by atoms with Crippen molar-refractivity contribution in [3.63, 3.8) is 0 Å². The minimum absolute atomic E-state index is 0.0376. The maximum Gasteiger partial charge on any atom is 0.254 e. The van der Waals surface area contributed by atoms with Crippen molar-refractivity contribution < 1.29 is 13.2 Å². The zero-order valence-electron chi connectivity index (χ0n) is 14.2. The number of hydrogen-bond donors (Lipinski definition) is 1. The van der Waals surface area contributed by atoms with Gasteiger partial charge in [-0.2, -0.15) is 0 Å². The minimum atomic E-state index is -3.81. The fourth-order valence-corrected chi connectivity index (χ4v) is 4.20. The van der Waals surface area contributed by atoms with E-state index in [1.807, 2.05) is 4.90 Å². The molecule has 0 spiro atoms. The number of carbonyl (C=O) groups excluding carboxylic acids is 1. The first-order chi connectivity index (χ1) is 11.9. The lowest BCUT2D eigenvalue weighted by Crippen LogP contribution is -2.35. The summed E-state index contributed by atoms with van der Waals surface area (Å²) in [6.45, 7) is 2.90. The van der Waals surface area contributed by atoms with Gasteiger partial charge in [0.15, 0.2) is 0 Å². The van der Waals surface area contributed by atoms with Crippen LogP contribution in [0.2, 0.25) is 0 Å².